The SMILES string of the molecule is CC(C)(C)c1cccc(-c2cc(Cl)ccc2Cl)c1.CC(C)(C)c1cccc(-c2ccc(F)c(Cl)c2)c1.CC(C)(C)c1cccc(-c2ccc(F)cc2Cl)c1.CC(C)(C)c1cccc(-c2cccc(Cl)c2Cl)c1.COc1cc(-c2ccccc2C(C)(C)C)ccc1Cl. The Labute approximate surface area is 576 Å². The van der Waals surface area contributed by atoms with Crippen LogP contribution in [0.4, 0.5) is 8.78 Å². The summed E-state index contributed by atoms with van der Waals surface area (Å²) in [6.45, 7) is 32.9. The fourth-order valence-electron chi connectivity index (χ4n) is 9.69. The molecule has 10 rings (SSSR count). The van der Waals surface area contributed by atoms with Crippen LogP contribution in [0.1, 0.15) is 132 Å². The minimum atomic E-state index is -0.382. The van der Waals surface area contributed by atoms with Crippen LogP contribution in [0.15, 0.2) is 212 Å². The van der Waals surface area contributed by atoms with Crippen molar-refractivity contribution < 1.29 is 13.5 Å². The van der Waals surface area contributed by atoms with Crippen LogP contribution < -0.4 is 4.74 Å². The second-order valence-corrected chi connectivity index (χ2v) is 30.3. The number of benzene rings is 10. The van der Waals surface area contributed by atoms with Crippen molar-refractivity contribution in [1.82, 2.24) is 0 Å². The van der Waals surface area contributed by atoms with Crippen LogP contribution in [-0.2, 0) is 27.1 Å². The topological polar surface area (TPSA) is 9.23 Å². The molecule has 10 aromatic rings. The van der Waals surface area contributed by atoms with Crippen molar-refractivity contribution in [1.29, 1.82) is 0 Å². The molecule has 0 amide bonds. The third-order valence-corrected chi connectivity index (χ3v) is 17.4. The van der Waals surface area contributed by atoms with Gasteiger partial charge >= 0.3 is 0 Å². The maximum Gasteiger partial charge on any atom is 0.141 e. The van der Waals surface area contributed by atoms with Gasteiger partial charge in [-0.25, -0.2) is 8.78 Å². The molecule has 0 bridgehead atoms. The second kappa shape index (κ2) is 31.7. The minimum absolute atomic E-state index is 0.0858. The molecule has 0 aliphatic heterocycles. The summed E-state index contributed by atoms with van der Waals surface area (Å²) < 4.78 is 31.5. The number of ether oxygens (including phenoxy) is 1. The standard InChI is InChI=1S/C17H19ClO.2C16H16Cl2.2C16H16ClF/c1-17(2,3)14-8-6-5-7-13(14)12-9-10-15(18)16(11-12)19-4;1-16(2,3)12-7-4-6-11(10-12)13-8-5-9-14(17)15(13)18;1-16(2,3)12-6-4-5-11(9-12)14-10-13(17)7-8-15(14)18;1-16(2,3)13-6-4-5-11(9-13)12-7-8-15(18)14(17)10-12;1-16(2,3)12-6-4-5-11(9-12)14-8-7-13(18)10-15(14)17/h5-11H,1-4H3;4*4-10H,1-3H3. The molecule has 0 radical (unpaired) electrons. The van der Waals surface area contributed by atoms with Gasteiger partial charge in [-0.05, 0) is 161 Å². The second-order valence-electron chi connectivity index (χ2n) is 27.4. The fraction of sp³-hybridized carbons (Fsp3) is 0.259. The molecule has 0 aliphatic carbocycles. The van der Waals surface area contributed by atoms with Gasteiger partial charge in [-0.1, -0.05) is 331 Å². The quantitative estimate of drug-likeness (QED) is 0.161. The lowest BCUT2D eigenvalue weighted by Crippen LogP contribution is -2.12. The van der Waals surface area contributed by atoms with E-state index in [1.54, 1.807) is 37.4 Å². The van der Waals surface area contributed by atoms with Gasteiger partial charge in [0.2, 0.25) is 0 Å². The van der Waals surface area contributed by atoms with Gasteiger partial charge in [-0.15, -0.1) is 0 Å². The third-order valence-electron chi connectivity index (χ3n) is 15.1. The molecular formula is C81H83Cl7F2O. The lowest BCUT2D eigenvalue weighted by Gasteiger charge is -2.23. The summed E-state index contributed by atoms with van der Waals surface area (Å²) in [6.07, 6.45) is 0. The molecule has 0 saturated carbocycles. The summed E-state index contributed by atoms with van der Waals surface area (Å²) in [5.41, 5.74) is 17.3. The predicted molar refractivity (Wildman–Crippen MR) is 394 cm³/mol. The highest BCUT2D eigenvalue weighted by molar-refractivity contribution is 6.43. The van der Waals surface area contributed by atoms with Crippen LogP contribution in [-0.4, -0.2) is 7.11 Å². The Bertz CT molecular complexity index is 4020. The number of rotatable bonds is 6. The van der Waals surface area contributed by atoms with Crippen molar-refractivity contribution in [3.63, 3.8) is 0 Å². The van der Waals surface area contributed by atoms with E-state index < -0.39 is 0 Å². The highest BCUT2D eigenvalue weighted by atomic mass is 35.5. The Balaban J connectivity index is 0.000000181. The zero-order valence-electron chi connectivity index (χ0n) is 55.0. The van der Waals surface area contributed by atoms with Crippen LogP contribution >= 0.6 is 81.2 Å². The first-order valence-electron chi connectivity index (χ1n) is 30.1. The average Bonchev–Trinajstić information content (AvgIpc) is 0.957. The van der Waals surface area contributed by atoms with E-state index in [2.05, 4.69) is 201 Å². The molecule has 476 valence electrons. The van der Waals surface area contributed by atoms with Crippen LogP contribution in [0.25, 0.3) is 55.6 Å². The normalized spacial score (nSPS) is 11.6. The smallest absolute Gasteiger partial charge is 0.141 e. The maximum absolute atomic E-state index is 13.2. The lowest BCUT2D eigenvalue weighted by molar-refractivity contribution is 0.415. The van der Waals surface area contributed by atoms with E-state index in [1.165, 1.54) is 51.6 Å². The summed E-state index contributed by atoms with van der Waals surface area (Å²) >= 11 is 42.6. The van der Waals surface area contributed by atoms with Crippen LogP contribution in [0, 0.1) is 11.6 Å². The zero-order valence-corrected chi connectivity index (χ0v) is 60.3. The first kappa shape index (κ1) is 73.9. The molecule has 1 nitrogen and oxygen atoms in total. The molecule has 10 aromatic carbocycles. The lowest BCUT2D eigenvalue weighted by atomic mass is 9.82. The first-order chi connectivity index (χ1) is 42.5. The molecule has 10 heteroatoms. The molecule has 0 N–H and O–H groups in total. The molecule has 0 unspecified atom stereocenters. The van der Waals surface area contributed by atoms with Crippen molar-refractivity contribution in [3.05, 3.63) is 287 Å². The van der Waals surface area contributed by atoms with Gasteiger partial charge in [0.25, 0.3) is 0 Å². The Hall–Kier alpha value is -6.11. The molecule has 0 aliphatic rings. The van der Waals surface area contributed by atoms with Gasteiger partial charge in [0.05, 0.1) is 32.2 Å². The van der Waals surface area contributed by atoms with E-state index in [-0.39, 0.29) is 43.7 Å². The highest BCUT2D eigenvalue weighted by Crippen LogP contribution is 2.40. The van der Waals surface area contributed by atoms with E-state index >= 15 is 0 Å². The molecule has 91 heavy (non-hydrogen) atoms. The van der Waals surface area contributed by atoms with Crippen molar-refractivity contribution in [2.45, 2.75) is 131 Å². The summed E-state index contributed by atoms with van der Waals surface area (Å²) in [4.78, 5) is 0. The largest absolute Gasteiger partial charge is 0.495 e. The van der Waals surface area contributed by atoms with Crippen molar-refractivity contribution in [2.75, 3.05) is 7.11 Å². The number of hydrogen-bond acceptors (Lipinski definition) is 1. The van der Waals surface area contributed by atoms with E-state index in [1.807, 2.05) is 66.7 Å². The molecule has 0 atom stereocenters. The summed E-state index contributed by atoms with van der Waals surface area (Å²) in [7, 11) is 1.64. The Morgan fingerprint density at radius 3 is 1.21 bits per heavy atom. The van der Waals surface area contributed by atoms with Crippen LogP contribution in [0.5, 0.6) is 5.75 Å². The van der Waals surface area contributed by atoms with Crippen molar-refractivity contribution >= 4 is 81.2 Å². The minimum Gasteiger partial charge on any atom is -0.495 e. The summed E-state index contributed by atoms with van der Waals surface area (Å²) in [5.74, 6) is 0.0194. The summed E-state index contributed by atoms with van der Waals surface area (Å²) in [5, 5.41) is 3.88. The highest BCUT2D eigenvalue weighted by Gasteiger charge is 2.21. The van der Waals surface area contributed by atoms with Crippen LogP contribution in [0.2, 0.25) is 35.2 Å². The van der Waals surface area contributed by atoms with E-state index in [9.17, 15) is 8.78 Å². The first-order valence-corrected chi connectivity index (χ1v) is 32.8. The third kappa shape index (κ3) is 21.2. The Morgan fingerprint density at radius 1 is 0.286 bits per heavy atom. The molecule has 0 aromatic heterocycles. The van der Waals surface area contributed by atoms with Crippen molar-refractivity contribution in [3.8, 4) is 61.4 Å². The average molecular weight is 1360 g/mol. The van der Waals surface area contributed by atoms with E-state index in [0.717, 1.165) is 55.1 Å². The van der Waals surface area contributed by atoms with Gasteiger partial charge in [0.1, 0.15) is 17.4 Å². The number of halogens is 9. The molecule has 0 spiro atoms. The maximum atomic E-state index is 13.2. The Morgan fingerprint density at radius 2 is 0.714 bits per heavy atom. The van der Waals surface area contributed by atoms with E-state index in [0.29, 0.717) is 30.9 Å². The number of methoxy groups -OCH3 is 1. The van der Waals surface area contributed by atoms with Crippen molar-refractivity contribution in [2.24, 2.45) is 0 Å². The molecule has 0 heterocycles. The molecular weight excluding hydrogens is 1280 g/mol. The monoisotopic (exact) mass is 1350 g/mol. The zero-order chi connectivity index (χ0) is 67.4. The van der Waals surface area contributed by atoms with Gasteiger partial charge in [0.15, 0.2) is 0 Å². The molecule has 0 fully saturated rings. The fourth-order valence-corrected chi connectivity index (χ4v) is 11.1. The van der Waals surface area contributed by atoms with Gasteiger partial charge in [0, 0.05) is 26.7 Å². The van der Waals surface area contributed by atoms with E-state index in [4.69, 9.17) is 85.9 Å². The Kier molecular flexibility index (Phi) is 25.7. The molecule has 0 saturated heterocycles. The van der Waals surface area contributed by atoms with Gasteiger partial charge in [-0.2, -0.15) is 0 Å². The number of hydrogen-bond donors (Lipinski definition) is 0. The van der Waals surface area contributed by atoms with Gasteiger partial charge < -0.3 is 4.74 Å². The van der Waals surface area contributed by atoms with Crippen LogP contribution in [0.3, 0.4) is 0 Å². The predicted octanol–water partition coefficient (Wildman–Crippen LogP) is 28.1. The summed E-state index contributed by atoms with van der Waals surface area (Å²) in [6, 6.07) is 68.3. The van der Waals surface area contributed by atoms with Gasteiger partial charge in [-0.3, -0.25) is 0 Å².